The molecule has 19 heavy (non-hydrogen) atoms. The third kappa shape index (κ3) is 4.04. The SMILES string of the molecule is COC(=O)c1nnn(CC(C)CC(C)C)c1C(C)C. The van der Waals surface area contributed by atoms with Crippen LogP contribution in [0, 0.1) is 11.8 Å². The number of rotatable bonds is 6. The van der Waals surface area contributed by atoms with Crippen LogP contribution in [0.1, 0.15) is 63.1 Å². The molecule has 1 rings (SSSR count). The van der Waals surface area contributed by atoms with Crippen molar-refractivity contribution in [1.29, 1.82) is 0 Å². The van der Waals surface area contributed by atoms with Gasteiger partial charge in [0, 0.05) is 6.54 Å². The van der Waals surface area contributed by atoms with Crippen molar-refractivity contribution >= 4 is 5.97 Å². The van der Waals surface area contributed by atoms with Gasteiger partial charge in [0.05, 0.1) is 12.8 Å². The number of ether oxygens (including phenoxy) is 1. The topological polar surface area (TPSA) is 57.0 Å². The Labute approximate surface area is 115 Å². The number of methoxy groups -OCH3 is 1. The van der Waals surface area contributed by atoms with Gasteiger partial charge in [-0.25, -0.2) is 9.48 Å². The molecule has 108 valence electrons. The van der Waals surface area contributed by atoms with Crippen LogP contribution in [0.5, 0.6) is 0 Å². The summed E-state index contributed by atoms with van der Waals surface area (Å²) in [6.07, 6.45) is 1.13. The standard InChI is InChI=1S/C14H25N3O2/c1-9(2)7-11(5)8-17-13(10(3)4)12(15-16-17)14(18)19-6/h9-11H,7-8H2,1-6H3. The molecule has 1 aromatic heterocycles. The summed E-state index contributed by atoms with van der Waals surface area (Å²) < 4.78 is 6.61. The Bertz CT molecular complexity index is 424. The molecular weight excluding hydrogens is 242 g/mol. The van der Waals surface area contributed by atoms with E-state index in [1.165, 1.54) is 7.11 Å². The summed E-state index contributed by atoms with van der Waals surface area (Å²) in [7, 11) is 1.37. The Kier molecular flexibility index (Phi) is 5.51. The second-order valence-corrected chi connectivity index (χ2v) is 5.89. The molecule has 1 aromatic rings. The number of carbonyl (C=O) groups is 1. The molecule has 0 spiro atoms. The van der Waals surface area contributed by atoms with Crippen molar-refractivity contribution in [3.8, 4) is 0 Å². The van der Waals surface area contributed by atoms with Gasteiger partial charge < -0.3 is 4.74 Å². The Morgan fingerprint density at radius 1 is 1.26 bits per heavy atom. The average molecular weight is 267 g/mol. The van der Waals surface area contributed by atoms with Gasteiger partial charge in [-0.15, -0.1) is 5.10 Å². The van der Waals surface area contributed by atoms with Crippen molar-refractivity contribution in [3.05, 3.63) is 11.4 Å². The Morgan fingerprint density at radius 2 is 1.89 bits per heavy atom. The first-order valence-corrected chi connectivity index (χ1v) is 6.88. The molecule has 0 aliphatic carbocycles. The molecule has 0 aromatic carbocycles. The fraction of sp³-hybridized carbons (Fsp3) is 0.786. The molecule has 0 N–H and O–H groups in total. The van der Waals surface area contributed by atoms with E-state index < -0.39 is 5.97 Å². The number of hydrogen-bond acceptors (Lipinski definition) is 4. The molecule has 0 aliphatic rings. The highest BCUT2D eigenvalue weighted by Crippen LogP contribution is 2.21. The fourth-order valence-corrected chi connectivity index (χ4v) is 2.44. The molecule has 0 radical (unpaired) electrons. The number of carbonyl (C=O) groups excluding carboxylic acids is 1. The zero-order chi connectivity index (χ0) is 14.6. The first-order valence-electron chi connectivity index (χ1n) is 6.88. The van der Waals surface area contributed by atoms with E-state index in [9.17, 15) is 4.79 Å². The smallest absolute Gasteiger partial charge is 0.360 e. The Balaban J connectivity index is 2.95. The minimum Gasteiger partial charge on any atom is -0.464 e. The van der Waals surface area contributed by atoms with Crippen LogP contribution >= 0.6 is 0 Å². The van der Waals surface area contributed by atoms with E-state index in [-0.39, 0.29) is 5.92 Å². The van der Waals surface area contributed by atoms with Crippen molar-refractivity contribution in [2.75, 3.05) is 7.11 Å². The molecule has 1 atom stereocenters. The van der Waals surface area contributed by atoms with Crippen molar-refractivity contribution in [3.63, 3.8) is 0 Å². The first kappa shape index (κ1) is 15.7. The summed E-state index contributed by atoms with van der Waals surface area (Å²) in [5.41, 5.74) is 1.21. The predicted molar refractivity (Wildman–Crippen MR) is 74.1 cm³/mol. The molecule has 5 nitrogen and oxygen atoms in total. The van der Waals surface area contributed by atoms with E-state index >= 15 is 0 Å². The van der Waals surface area contributed by atoms with Crippen LogP contribution in [0.25, 0.3) is 0 Å². The van der Waals surface area contributed by atoms with Crippen molar-refractivity contribution in [2.45, 2.75) is 53.5 Å². The van der Waals surface area contributed by atoms with Crippen molar-refractivity contribution < 1.29 is 9.53 Å². The highest BCUT2D eigenvalue weighted by Gasteiger charge is 2.23. The summed E-state index contributed by atoms with van der Waals surface area (Å²) >= 11 is 0. The van der Waals surface area contributed by atoms with Crippen LogP contribution in [0.2, 0.25) is 0 Å². The third-order valence-electron chi connectivity index (χ3n) is 3.06. The lowest BCUT2D eigenvalue weighted by molar-refractivity contribution is 0.0592. The average Bonchev–Trinajstić information content (AvgIpc) is 2.70. The van der Waals surface area contributed by atoms with Gasteiger partial charge >= 0.3 is 5.97 Å². The predicted octanol–water partition coefficient (Wildman–Crippen LogP) is 2.87. The second kappa shape index (κ2) is 6.68. The van der Waals surface area contributed by atoms with Gasteiger partial charge in [0.15, 0.2) is 5.69 Å². The lowest BCUT2D eigenvalue weighted by atomic mass is 9.98. The maximum atomic E-state index is 11.7. The van der Waals surface area contributed by atoms with Gasteiger partial charge in [0.25, 0.3) is 0 Å². The number of hydrogen-bond donors (Lipinski definition) is 0. The first-order chi connectivity index (χ1) is 8.86. The van der Waals surface area contributed by atoms with Crippen LogP contribution in [-0.4, -0.2) is 28.1 Å². The Morgan fingerprint density at radius 3 is 2.37 bits per heavy atom. The minimum absolute atomic E-state index is 0.190. The van der Waals surface area contributed by atoms with E-state index in [0.29, 0.717) is 17.5 Å². The van der Waals surface area contributed by atoms with Gasteiger partial charge in [0.1, 0.15) is 0 Å². The highest BCUT2D eigenvalue weighted by atomic mass is 16.5. The number of aromatic nitrogens is 3. The molecule has 1 unspecified atom stereocenters. The quantitative estimate of drug-likeness (QED) is 0.744. The van der Waals surface area contributed by atoms with Gasteiger partial charge in [-0.1, -0.05) is 39.8 Å². The molecule has 0 fully saturated rings. The Hall–Kier alpha value is -1.39. The minimum atomic E-state index is -0.411. The van der Waals surface area contributed by atoms with Crippen LogP contribution < -0.4 is 0 Å². The van der Waals surface area contributed by atoms with Gasteiger partial charge in [-0.05, 0) is 24.2 Å². The monoisotopic (exact) mass is 267 g/mol. The fourth-order valence-electron chi connectivity index (χ4n) is 2.44. The lowest BCUT2D eigenvalue weighted by Crippen LogP contribution is -2.16. The van der Waals surface area contributed by atoms with E-state index in [0.717, 1.165) is 18.7 Å². The molecule has 0 saturated carbocycles. The highest BCUT2D eigenvalue weighted by molar-refractivity contribution is 5.88. The van der Waals surface area contributed by atoms with E-state index in [4.69, 9.17) is 4.74 Å². The molecule has 5 heteroatoms. The summed E-state index contributed by atoms with van der Waals surface area (Å²) in [5, 5.41) is 8.10. The van der Waals surface area contributed by atoms with Crippen LogP contribution in [0.15, 0.2) is 0 Å². The summed E-state index contributed by atoms with van der Waals surface area (Å²) in [4.78, 5) is 11.7. The van der Waals surface area contributed by atoms with Crippen LogP contribution in [0.4, 0.5) is 0 Å². The molecule has 0 bridgehead atoms. The van der Waals surface area contributed by atoms with Crippen LogP contribution in [-0.2, 0) is 11.3 Å². The van der Waals surface area contributed by atoms with Gasteiger partial charge in [-0.3, -0.25) is 0 Å². The third-order valence-corrected chi connectivity index (χ3v) is 3.06. The van der Waals surface area contributed by atoms with Gasteiger partial charge in [0.2, 0.25) is 0 Å². The molecular formula is C14H25N3O2. The van der Waals surface area contributed by atoms with E-state index in [2.05, 4.69) is 31.1 Å². The molecule has 1 heterocycles. The summed E-state index contributed by atoms with van der Waals surface area (Å²) in [6, 6.07) is 0. The summed E-state index contributed by atoms with van der Waals surface area (Å²) in [6.45, 7) is 11.5. The zero-order valence-electron chi connectivity index (χ0n) is 12.8. The maximum absolute atomic E-state index is 11.7. The largest absolute Gasteiger partial charge is 0.464 e. The van der Waals surface area contributed by atoms with Crippen LogP contribution in [0.3, 0.4) is 0 Å². The molecule has 0 aliphatic heterocycles. The van der Waals surface area contributed by atoms with E-state index in [1.807, 2.05) is 18.5 Å². The zero-order valence-corrected chi connectivity index (χ0v) is 12.8. The summed E-state index contributed by atoms with van der Waals surface area (Å²) in [5.74, 6) is 0.938. The molecule has 0 amide bonds. The van der Waals surface area contributed by atoms with Crippen molar-refractivity contribution in [1.82, 2.24) is 15.0 Å². The lowest BCUT2D eigenvalue weighted by Gasteiger charge is -2.16. The van der Waals surface area contributed by atoms with E-state index in [1.54, 1.807) is 0 Å². The number of esters is 1. The second-order valence-electron chi connectivity index (χ2n) is 5.89. The van der Waals surface area contributed by atoms with Gasteiger partial charge in [-0.2, -0.15) is 0 Å². The normalized spacial score (nSPS) is 13.1. The maximum Gasteiger partial charge on any atom is 0.360 e. The number of nitrogens with zero attached hydrogens (tertiary/aromatic N) is 3. The molecule has 0 saturated heterocycles. The van der Waals surface area contributed by atoms with Crippen molar-refractivity contribution in [2.24, 2.45) is 11.8 Å².